The van der Waals surface area contributed by atoms with Gasteiger partial charge in [-0.1, -0.05) is 52.0 Å². The molecule has 1 aromatic rings. The van der Waals surface area contributed by atoms with E-state index in [0.29, 0.717) is 12.5 Å². The topological polar surface area (TPSA) is 47.3 Å². The van der Waals surface area contributed by atoms with E-state index in [9.17, 15) is 0 Å². The van der Waals surface area contributed by atoms with Crippen LogP contribution in [0, 0.1) is 0 Å². The van der Waals surface area contributed by atoms with E-state index in [1.807, 2.05) is 6.92 Å². The first kappa shape index (κ1) is 18.1. The van der Waals surface area contributed by atoms with Gasteiger partial charge in [0.25, 0.3) is 0 Å². The Morgan fingerprint density at radius 1 is 1.10 bits per heavy atom. The fourth-order valence-corrected chi connectivity index (χ4v) is 3.01. The average molecular weight is 292 g/mol. The van der Waals surface area contributed by atoms with Crippen molar-refractivity contribution in [2.45, 2.75) is 71.4 Å². The summed E-state index contributed by atoms with van der Waals surface area (Å²) in [5.41, 5.74) is 5.47. The molecule has 0 aliphatic carbocycles. The number of benzene rings is 1. The van der Waals surface area contributed by atoms with Crippen LogP contribution in [0.4, 0.5) is 0 Å². The molecule has 1 atom stereocenters. The zero-order chi connectivity index (χ0) is 15.9. The van der Waals surface area contributed by atoms with Gasteiger partial charge >= 0.3 is 0 Å². The molecule has 0 spiro atoms. The number of ether oxygens (including phenoxy) is 1. The first-order valence-corrected chi connectivity index (χ1v) is 8.21. The molecule has 3 nitrogen and oxygen atoms in total. The highest BCUT2D eigenvalue weighted by molar-refractivity contribution is 5.25. The van der Waals surface area contributed by atoms with Crippen molar-refractivity contribution < 1.29 is 4.74 Å². The molecule has 0 saturated carbocycles. The Labute approximate surface area is 130 Å². The second kappa shape index (κ2) is 8.52. The van der Waals surface area contributed by atoms with E-state index in [1.54, 1.807) is 0 Å². The summed E-state index contributed by atoms with van der Waals surface area (Å²) in [6, 6.07) is 8.97. The van der Waals surface area contributed by atoms with Crippen LogP contribution in [-0.2, 0) is 11.2 Å². The average Bonchev–Trinajstić information content (AvgIpc) is 2.51. The van der Waals surface area contributed by atoms with Crippen LogP contribution >= 0.6 is 0 Å². The van der Waals surface area contributed by atoms with E-state index in [4.69, 9.17) is 10.6 Å². The maximum atomic E-state index is 6.07. The maximum absolute atomic E-state index is 6.07. The lowest BCUT2D eigenvalue weighted by atomic mass is 9.84. The minimum Gasteiger partial charge on any atom is -0.374 e. The summed E-state index contributed by atoms with van der Waals surface area (Å²) in [4.78, 5) is 0. The van der Waals surface area contributed by atoms with E-state index in [2.05, 4.69) is 57.4 Å². The molecule has 0 aromatic heterocycles. The lowest BCUT2D eigenvalue weighted by Crippen LogP contribution is -2.55. The highest BCUT2D eigenvalue weighted by Gasteiger charge is 2.35. The molecule has 0 bridgehead atoms. The van der Waals surface area contributed by atoms with E-state index in [0.717, 1.165) is 19.3 Å². The molecular weight excluding hydrogens is 260 g/mol. The smallest absolute Gasteiger partial charge is 0.0846 e. The molecular formula is C18H32N2O. The van der Waals surface area contributed by atoms with Crippen LogP contribution in [0.25, 0.3) is 0 Å². The van der Waals surface area contributed by atoms with Gasteiger partial charge in [-0.3, -0.25) is 11.3 Å². The second-order valence-electron chi connectivity index (χ2n) is 6.02. The lowest BCUT2D eigenvalue weighted by molar-refractivity contribution is -0.0719. The third-order valence-corrected chi connectivity index (χ3v) is 4.55. The summed E-state index contributed by atoms with van der Waals surface area (Å²) >= 11 is 0. The predicted octanol–water partition coefficient (Wildman–Crippen LogP) is 3.78. The molecule has 21 heavy (non-hydrogen) atoms. The highest BCUT2D eigenvalue weighted by atomic mass is 16.5. The normalized spacial score (nSPS) is 13.7. The summed E-state index contributed by atoms with van der Waals surface area (Å²) in [5, 5.41) is 0. The summed E-state index contributed by atoms with van der Waals surface area (Å²) in [5.74, 6) is 6.40. The largest absolute Gasteiger partial charge is 0.374 e. The minimum absolute atomic E-state index is 0.123. The van der Waals surface area contributed by atoms with Crippen molar-refractivity contribution in [1.29, 1.82) is 0 Å². The molecule has 0 radical (unpaired) electrons. The van der Waals surface area contributed by atoms with Crippen molar-refractivity contribution in [3.8, 4) is 0 Å². The van der Waals surface area contributed by atoms with Crippen LogP contribution in [-0.4, -0.2) is 18.2 Å². The number of nitrogens with two attached hydrogens (primary N) is 1. The fourth-order valence-electron chi connectivity index (χ4n) is 3.01. The first-order valence-electron chi connectivity index (χ1n) is 8.21. The van der Waals surface area contributed by atoms with Gasteiger partial charge in [0.2, 0.25) is 0 Å². The first-order chi connectivity index (χ1) is 10.0. The van der Waals surface area contributed by atoms with Crippen LogP contribution in [0.5, 0.6) is 0 Å². The van der Waals surface area contributed by atoms with Crippen LogP contribution in [0.3, 0.4) is 0 Å². The highest BCUT2D eigenvalue weighted by Crippen LogP contribution is 2.27. The van der Waals surface area contributed by atoms with E-state index < -0.39 is 0 Å². The molecule has 3 heteroatoms. The molecule has 1 unspecified atom stereocenters. The molecule has 120 valence electrons. The number of nitrogens with one attached hydrogen (secondary N) is 1. The molecule has 0 fully saturated rings. The third kappa shape index (κ3) is 4.53. The van der Waals surface area contributed by atoms with Crippen molar-refractivity contribution in [2.24, 2.45) is 5.84 Å². The van der Waals surface area contributed by atoms with Gasteiger partial charge in [-0.05, 0) is 43.2 Å². The van der Waals surface area contributed by atoms with Crippen LogP contribution in [0.2, 0.25) is 0 Å². The van der Waals surface area contributed by atoms with Crippen LogP contribution in [0.15, 0.2) is 24.3 Å². The predicted molar refractivity (Wildman–Crippen MR) is 90.3 cm³/mol. The van der Waals surface area contributed by atoms with Gasteiger partial charge in [-0.15, -0.1) is 0 Å². The Bertz CT molecular complexity index is 396. The van der Waals surface area contributed by atoms with Crippen molar-refractivity contribution in [3.05, 3.63) is 35.4 Å². The number of hydrogen-bond acceptors (Lipinski definition) is 3. The van der Waals surface area contributed by atoms with Crippen molar-refractivity contribution in [3.63, 3.8) is 0 Å². The van der Waals surface area contributed by atoms with Gasteiger partial charge < -0.3 is 4.74 Å². The Kier molecular flexibility index (Phi) is 7.36. The minimum atomic E-state index is -0.194. The maximum Gasteiger partial charge on any atom is 0.0846 e. The number of rotatable bonds is 9. The molecule has 0 saturated heterocycles. The van der Waals surface area contributed by atoms with Gasteiger partial charge in [0, 0.05) is 6.61 Å². The number of hydrogen-bond donors (Lipinski definition) is 2. The van der Waals surface area contributed by atoms with E-state index >= 15 is 0 Å². The molecule has 0 heterocycles. The molecule has 0 aliphatic heterocycles. The van der Waals surface area contributed by atoms with Gasteiger partial charge in [0.1, 0.15) is 0 Å². The molecule has 3 N–H and O–H groups in total. The van der Waals surface area contributed by atoms with Gasteiger partial charge in [-0.25, -0.2) is 0 Å². The van der Waals surface area contributed by atoms with Crippen molar-refractivity contribution in [2.75, 3.05) is 6.61 Å². The quantitative estimate of drug-likeness (QED) is 0.538. The summed E-state index contributed by atoms with van der Waals surface area (Å²) < 4.78 is 6.07. The van der Waals surface area contributed by atoms with Gasteiger partial charge in [0.05, 0.1) is 11.6 Å². The monoisotopic (exact) mass is 292 g/mol. The Morgan fingerprint density at radius 2 is 1.67 bits per heavy atom. The van der Waals surface area contributed by atoms with Crippen molar-refractivity contribution in [1.82, 2.24) is 5.43 Å². The van der Waals surface area contributed by atoms with Gasteiger partial charge in [0.15, 0.2) is 0 Å². The summed E-state index contributed by atoms with van der Waals surface area (Å²) in [7, 11) is 0. The fraction of sp³-hybridized carbons (Fsp3) is 0.667. The summed E-state index contributed by atoms with van der Waals surface area (Å²) in [6.07, 6.45) is 2.79. The SMILES string of the molecule is CCOC(CC)(CC)C(Cc1ccc(C(C)C)cc1)NN. The zero-order valence-corrected chi connectivity index (χ0v) is 14.3. The standard InChI is InChI=1S/C18H32N2O/c1-6-18(7-2,21-8-3)17(20-19)13-15-9-11-16(12-10-15)14(4)5/h9-12,14,17,20H,6-8,13,19H2,1-5H3. The second-order valence-corrected chi connectivity index (χ2v) is 6.02. The molecule has 1 aromatic carbocycles. The van der Waals surface area contributed by atoms with E-state index in [-0.39, 0.29) is 11.6 Å². The Morgan fingerprint density at radius 3 is 2.05 bits per heavy atom. The third-order valence-electron chi connectivity index (χ3n) is 4.55. The Balaban J connectivity index is 2.89. The van der Waals surface area contributed by atoms with Crippen LogP contribution in [0.1, 0.15) is 64.5 Å². The summed E-state index contributed by atoms with van der Waals surface area (Å²) in [6.45, 7) is 11.5. The van der Waals surface area contributed by atoms with Crippen molar-refractivity contribution >= 4 is 0 Å². The van der Waals surface area contributed by atoms with E-state index in [1.165, 1.54) is 11.1 Å². The number of hydrazine groups is 1. The molecule has 0 amide bonds. The lowest BCUT2D eigenvalue weighted by Gasteiger charge is -2.39. The molecule has 0 aliphatic rings. The Hall–Kier alpha value is -0.900. The van der Waals surface area contributed by atoms with Gasteiger partial charge in [-0.2, -0.15) is 0 Å². The van der Waals surface area contributed by atoms with Crippen LogP contribution < -0.4 is 11.3 Å². The molecule has 1 rings (SSSR count). The zero-order valence-electron chi connectivity index (χ0n) is 14.3.